The summed E-state index contributed by atoms with van der Waals surface area (Å²) >= 11 is 5.85. The van der Waals surface area contributed by atoms with Crippen LogP contribution in [0.2, 0.25) is 5.02 Å². The maximum Gasteiger partial charge on any atom is 0.222 e. The van der Waals surface area contributed by atoms with E-state index in [1.807, 2.05) is 0 Å². The lowest BCUT2D eigenvalue weighted by molar-refractivity contribution is -0.130. The molecule has 1 aliphatic rings. The lowest BCUT2D eigenvalue weighted by Crippen LogP contribution is -2.35. The zero-order valence-corrected chi connectivity index (χ0v) is 10.9. The highest BCUT2D eigenvalue weighted by molar-refractivity contribution is 6.31. The number of hydrogen-bond acceptors (Lipinski definition) is 2. The van der Waals surface area contributed by atoms with Crippen molar-refractivity contribution in [1.82, 2.24) is 4.90 Å². The molecule has 1 aromatic carbocycles. The number of ketones is 1. The molecule has 1 heterocycles. The maximum absolute atomic E-state index is 12.1. The first-order chi connectivity index (χ1) is 8.66. The van der Waals surface area contributed by atoms with Crippen LogP contribution < -0.4 is 0 Å². The van der Waals surface area contributed by atoms with Crippen LogP contribution in [0, 0.1) is 0 Å². The highest BCUT2D eigenvalue weighted by atomic mass is 35.5. The first kappa shape index (κ1) is 13.1. The number of amides is 1. The summed E-state index contributed by atoms with van der Waals surface area (Å²) in [6, 6.07) is 6.86. The van der Waals surface area contributed by atoms with Crippen LogP contribution in [0.1, 0.15) is 36.0 Å². The summed E-state index contributed by atoms with van der Waals surface area (Å²) in [4.78, 5) is 25.5. The molecule has 4 heteroatoms. The van der Waals surface area contributed by atoms with Crippen molar-refractivity contribution in [3.8, 4) is 0 Å². The van der Waals surface area contributed by atoms with Gasteiger partial charge in [0.1, 0.15) is 0 Å². The van der Waals surface area contributed by atoms with Crippen molar-refractivity contribution >= 4 is 23.3 Å². The predicted molar refractivity (Wildman–Crippen MR) is 70.8 cm³/mol. The maximum atomic E-state index is 12.1. The van der Waals surface area contributed by atoms with Crippen LogP contribution in [0.25, 0.3) is 0 Å². The molecule has 1 aromatic rings. The third kappa shape index (κ3) is 3.33. The molecule has 18 heavy (non-hydrogen) atoms. The van der Waals surface area contributed by atoms with E-state index >= 15 is 0 Å². The van der Waals surface area contributed by atoms with E-state index < -0.39 is 0 Å². The Hall–Kier alpha value is -1.35. The van der Waals surface area contributed by atoms with E-state index in [-0.39, 0.29) is 18.2 Å². The highest BCUT2D eigenvalue weighted by Gasteiger charge is 2.19. The normalized spacial score (nSPS) is 16.5. The highest BCUT2D eigenvalue weighted by Crippen LogP contribution is 2.14. The Labute approximate surface area is 112 Å². The number of likely N-dealkylation sites (tertiary alicyclic amines) is 1. The molecule has 0 atom stereocenters. The molecule has 0 N–H and O–H groups in total. The fourth-order valence-corrected chi connectivity index (χ4v) is 2.32. The van der Waals surface area contributed by atoms with Crippen molar-refractivity contribution in [2.24, 2.45) is 0 Å². The van der Waals surface area contributed by atoms with Crippen LogP contribution >= 0.6 is 11.6 Å². The number of rotatable bonds is 3. The monoisotopic (exact) mass is 265 g/mol. The van der Waals surface area contributed by atoms with Crippen molar-refractivity contribution in [3.63, 3.8) is 0 Å². The quantitative estimate of drug-likeness (QED) is 0.788. The van der Waals surface area contributed by atoms with Crippen LogP contribution in [-0.4, -0.2) is 29.7 Å². The van der Waals surface area contributed by atoms with Crippen LogP contribution in [0.3, 0.4) is 0 Å². The van der Waals surface area contributed by atoms with Gasteiger partial charge in [-0.2, -0.15) is 0 Å². The molecule has 1 saturated heterocycles. The predicted octanol–water partition coefficient (Wildman–Crippen LogP) is 2.93. The van der Waals surface area contributed by atoms with E-state index in [9.17, 15) is 9.59 Å². The average molecular weight is 266 g/mol. The first-order valence-electron chi connectivity index (χ1n) is 6.23. The second kappa shape index (κ2) is 6.01. The Morgan fingerprint density at radius 2 is 2.11 bits per heavy atom. The average Bonchev–Trinajstić information content (AvgIpc) is 2.55. The second-order valence-corrected chi connectivity index (χ2v) is 5.00. The van der Waals surface area contributed by atoms with Crippen LogP contribution in [0.5, 0.6) is 0 Å². The summed E-state index contributed by atoms with van der Waals surface area (Å²) < 4.78 is 0. The molecule has 1 fully saturated rings. The molecule has 1 amide bonds. The molecule has 0 radical (unpaired) electrons. The van der Waals surface area contributed by atoms with Gasteiger partial charge in [-0.1, -0.05) is 30.2 Å². The van der Waals surface area contributed by atoms with Crippen molar-refractivity contribution in [3.05, 3.63) is 34.9 Å². The smallest absolute Gasteiger partial charge is 0.222 e. The largest absolute Gasteiger partial charge is 0.335 e. The van der Waals surface area contributed by atoms with Gasteiger partial charge in [-0.15, -0.1) is 0 Å². The minimum atomic E-state index is -0.0484. The van der Waals surface area contributed by atoms with E-state index in [0.717, 1.165) is 19.3 Å². The molecule has 1 aliphatic heterocycles. The van der Waals surface area contributed by atoms with E-state index in [1.165, 1.54) is 0 Å². The Bertz CT molecular complexity index is 459. The summed E-state index contributed by atoms with van der Waals surface area (Å²) in [5, 5.41) is 0.544. The molecule has 2 rings (SSSR count). The summed E-state index contributed by atoms with van der Waals surface area (Å²) in [5.41, 5.74) is 0.569. The molecule has 0 aromatic heterocycles. The fraction of sp³-hybridized carbons (Fsp3) is 0.429. The fourth-order valence-electron chi connectivity index (χ4n) is 2.13. The lowest BCUT2D eigenvalue weighted by atomic mass is 10.1. The van der Waals surface area contributed by atoms with Gasteiger partial charge in [0, 0.05) is 23.6 Å². The van der Waals surface area contributed by atoms with Gasteiger partial charge < -0.3 is 4.90 Å². The van der Waals surface area contributed by atoms with E-state index in [2.05, 4.69) is 0 Å². The van der Waals surface area contributed by atoms with E-state index in [1.54, 1.807) is 29.2 Å². The molecule has 0 bridgehead atoms. The third-order valence-electron chi connectivity index (χ3n) is 3.15. The van der Waals surface area contributed by atoms with Gasteiger partial charge in [0.2, 0.25) is 5.91 Å². The first-order valence-corrected chi connectivity index (χ1v) is 6.61. The molecule has 0 unspecified atom stereocenters. The zero-order chi connectivity index (χ0) is 13.0. The number of hydrogen-bond donors (Lipinski definition) is 0. The number of nitrogens with zero attached hydrogens (tertiary/aromatic N) is 1. The molecule has 0 saturated carbocycles. The number of carbonyl (C=O) groups is 2. The number of halogens is 1. The van der Waals surface area contributed by atoms with Crippen LogP contribution in [-0.2, 0) is 4.79 Å². The Morgan fingerprint density at radius 1 is 1.28 bits per heavy atom. The Kier molecular flexibility index (Phi) is 4.37. The topological polar surface area (TPSA) is 37.4 Å². The number of carbonyl (C=O) groups excluding carboxylic acids is 2. The van der Waals surface area contributed by atoms with Gasteiger partial charge in [0.05, 0.1) is 6.54 Å². The summed E-state index contributed by atoms with van der Waals surface area (Å²) in [6.07, 6.45) is 3.53. The number of Topliss-reactive ketones (excluding diaryl/α,β-unsaturated/α-hetero) is 1. The third-order valence-corrected chi connectivity index (χ3v) is 3.39. The lowest BCUT2D eigenvalue weighted by Gasteiger charge is -2.19. The summed E-state index contributed by atoms with van der Waals surface area (Å²) in [6.45, 7) is 0.852. The minimum absolute atomic E-state index is 0.0484. The minimum Gasteiger partial charge on any atom is -0.335 e. The van der Waals surface area contributed by atoms with Gasteiger partial charge in [-0.05, 0) is 25.0 Å². The Morgan fingerprint density at radius 3 is 2.89 bits per heavy atom. The van der Waals surface area contributed by atoms with E-state index in [0.29, 0.717) is 23.6 Å². The van der Waals surface area contributed by atoms with Gasteiger partial charge >= 0.3 is 0 Å². The Balaban J connectivity index is 2.04. The van der Waals surface area contributed by atoms with Gasteiger partial charge in [-0.3, -0.25) is 9.59 Å². The molecule has 96 valence electrons. The zero-order valence-electron chi connectivity index (χ0n) is 10.2. The van der Waals surface area contributed by atoms with Crippen LogP contribution in [0.15, 0.2) is 24.3 Å². The molecular weight excluding hydrogens is 250 g/mol. The van der Waals surface area contributed by atoms with Crippen molar-refractivity contribution < 1.29 is 9.59 Å². The second-order valence-electron chi connectivity index (χ2n) is 4.56. The van der Waals surface area contributed by atoms with Crippen LogP contribution in [0.4, 0.5) is 0 Å². The van der Waals surface area contributed by atoms with Crippen molar-refractivity contribution in [2.45, 2.75) is 25.7 Å². The van der Waals surface area contributed by atoms with Gasteiger partial charge in [0.15, 0.2) is 5.78 Å². The molecular formula is C14H16ClNO2. The number of benzene rings is 1. The molecule has 0 spiro atoms. The van der Waals surface area contributed by atoms with Gasteiger partial charge in [0.25, 0.3) is 0 Å². The standard InChI is InChI=1S/C14H16ClNO2/c15-12-6-4-5-11(9-12)13(17)10-16-8-3-1-2-7-14(16)18/h4-6,9H,1-3,7-8,10H2. The SMILES string of the molecule is O=C(CN1CCCCCC1=O)c1cccc(Cl)c1. The summed E-state index contributed by atoms with van der Waals surface area (Å²) in [7, 11) is 0. The van der Waals surface area contributed by atoms with Gasteiger partial charge in [-0.25, -0.2) is 0 Å². The molecule has 0 aliphatic carbocycles. The van der Waals surface area contributed by atoms with E-state index in [4.69, 9.17) is 11.6 Å². The molecule has 3 nitrogen and oxygen atoms in total. The van der Waals surface area contributed by atoms with Crippen molar-refractivity contribution in [1.29, 1.82) is 0 Å². The summed E-state index contributed by atoms with van der Waals surface area (Å²) in [5.74, 6) is 0.0376. The van der Waals surface area contributed by atoms with Crippen molar-refractivity contribution in [2.75, 3.05) is 13.1 Å².